The Morgan fingerprint density at radius 1 is 1.33 bits per heavy atom. The fraction of sp³-hybridized carbons (Fsp3) is 0.500. The van der Waals surface area contributed by atoms with Gasteiger partial charge in [0.25, 0.3) is 5.91 Å². The van der Waals surface area contributed by atoms with E-state index in [2.05, 4.69) is 0 Å². The molecule has 1 amide bonds. The first-order valence-corrected chi connectivity index (χ1v) is 6.23. The average Bonchev–Trinajstić information content (AvgIpc) is 2.38. The molecule has 0 atom stereocenters. The maximum absolute atomic E-state index is 11.8. The molecule has 1 rings (SSSR count). The highest BCUT2D eigenvalue weighted by Crippen LogP contribution is 2.20. The summed E-state index contributed by atoms with van der Waals surface area (Å²) in [5, 5.41) is 9.23. The highest BCUT2D eigenvalue weighted by molar-refractivity contribution is 5.77. The molecule has 4 heteroatoms. The first kappa shape index (κ1) is 14.5. The van der Waals surface area contributed by atoms with Crippen LogP contribution < -0.4 is 4.74 Å². The van der Waals surface area contributed by atoms with E-state index in [1.54, 1.807) is 11.0 Å². The topological polar surface area (TPSA) is 49.8 Å². The summed E-state index contributed by atoms with van der Waals surface area (Å²) in [6, 6.07) is 5.55. The van der Waals surface area contributed by atoms with Gasteiger partial charge in [0.2, 0.25) is 0 Å². The molecule has 0 saturated carbocycles. The SMILES string of the molecule is CCN(CC)C(=O)COc1ccc(C)cc1CO. The van der Waals surface area contributed by atoms with Crippen molar-refractivity contribution in [3.63, 3.8) is 0 Å². The van der Waals surface area contributed by atoms with Gasteiger partial charge in [-0.25, -0.2) is 0 Å². The Hall–Kier alpha value is -1.55. The molecule has 0 unspecified atom stereocenters. The van der Waals surface area contributed by atoms with Gasteiger partial charge in [-0.1, -0.05) is 17.7 Å². The average molecular weight is 251 g/mol. The maximum atomic E-state index is 11.8. The van der Waals surface area contributed by atoms with Crippen LogP contribution in [-0.4, -0.2) is 35.6 Å². The third-order valence-electron chi connectivity index (χ3n) is 2.85. The standard InChI is InChI=1S/C14H21NO3/c1-4-15(5-2)14(17)10-18-13-7-6-11(3)8-12(13)9-16/h6-8,16H,4-5,9-10H2,1-3H3. The molecule has 0 aliphatic carbocycles. The molecular weight excluding hydrogens is 230 g/mol. The highest BCUT2D eigenvalue weighted by atomic mass is 16.5. The maximum Gasteiger partial charge on any atom is 0.260 e. The largest absolute Gasteiger partial charge is 0.483 e. The van der Waals surface area contributed by atoms with Crippen molar-refractivity contribution in [2.75, 3.05) is 19.7 Å². The zero-order valence-electron chi connectivity index (χ0n) is 11.3. The minimum Gasteiger partial charge on any atom is -0.483 e. The summed E-state index contributed by atoms with van der Waals surface area (Å²) >= 11 is 0. The van der Waals surface area contributed by atoms with Gasteiger partial charge in [0.05, 0.1) is 6.61 Å². The Balaban J connectivity index is 2.66. The van der Waals surface area contributed by atoms with Gasteiger partial charge in [-0.3, -0.25) is 4.79 Å². The van der Waals surface area contributed by atoms with Gasteiger partial charge in [0.15, 0.2) is 6.61 Å². The van der Waals surface area contributed by atoms with Crippen LogP contribution in [0.25, 0.3) is 0 Å². The predicted molar refractivity (Wildman–Crippen MR) is 70.5 cm³/mol. The normalized spacial score (nSPS) is 10.2. The number of aliphatic hydroxyl groups is 1. The van der Waals surface area contributed by atoms with Gasteiger partial charge in [0, 0.05) is 18.7 Å². The highest BCUT2D eigenvalue weighted by Gasteiger charge is 2.11. The van der Waals surface area contributed by atoms with Crippen molar-refractivity contribution < 1.29 is 14.6 Å². The number of nitrogens with zero attached hydrogens (tertiary/aromatic N) is 1. The van der Waals surface area contributed by atoms with Crippen molar-refractivity contribution in [1.82, 2.24) is 4.90 Å². The second kappa shape index (κ2) is 7.01. The molecule has 100 valence electrons. The number of aliphatic hydroxyl groups excluding tert-OH is 1. The van der Waals surface area contributed by atoms with E-state index < -0.39 is 0 Å². The van der Waals surface area contributed by atoms with E-state index in [0.29, 0.717) is 24.4 Å². The molecule has 0 spiro atoms. The van der Waals surface area contributed by atoms with Crippen molar-refractivity contribution in [2.45, 2.75) is 27.4 Å². The third-order valence-corrected chi connectivity index (χ3v) is 2.85. The zero-order chi connectivity index (χ0) is 13.5. The van der Waals surface area contributed by atoms with Gasteiger partial charge in [-0.05, 0) is 26.8 Å². The number of rotatable bonds is 6. The first-order valence-electron chi connectivity index (χ1n) is 6.23. The second-order valence-corrected chi connectivity index (χ2v) is 4.12. The molecular formula is C14H21NO3. The number of ether oxygens (including phenoxy) is 1. The number of hydrogen-bond acceptors (Lipinski definition) is 3. The summed E-state index contributed by atoms with van der Waals surface area (Å²) in [5.41, 5.74) is 1.77. The van der Waals surface area contributed by atoms with Crippen LogP contribution in [0.15, 0.2) is 18.2 Å². The minimum absolute atomic E-state index is 0.0116. The molecule has 0 heterocycles. The number of carbonyl (C=O) groups excluding carboxylic acids is 1. The van der Waals surface area contributed by atoms with Crippen LogP contribution >= 0.6 is 0 Å². The Labute approximate surface area is 108 Å². The van der Waals surface area contributed by atoms with Crippen molar-refractivity contribution in [3.05, 3.63) is 29.3 Å². The monoisotopic (exact) mass is 251 g/mol. The van der Waals surface area contributed by atoms with Crippen LogP contribution in [0.2, 0.25) is 0 Å². The van der Waals surface area contributed by atoms with Crippen molar-refractivity contribution in [2.24, 2.45) is 0 Å². The fourth-order valence-electron chi connectivity index (χ4n) is 1.78. The molecule has 1 aromatic rings. The Kier molecular flexibility index (Phi) is 5.65. The lowest BCUT2D eigenvalue weighted by Gasteiger charge is -2.19. The molecule has 18 heavy (non-hydrogen) atoms. The summed E-state index contributed by atoms with van der Waals surface area (Å²) < 4.78 is 5.48. The second-order valence-electron chi connectivity index (χ2n) is 4.12. The summed E-state index contributed by atoms with van der Waals surface area (Å²) in [6.45, 7) is 7.11. The summed E-state index contributed by atoms with van der Waals surface area (Å²) in [4.78, 5) is 13.5. The number of likely N-dealkylation sites (N-methyl/N-ethyl adjacent to an activating group) is 1. The lowest BCUT2D eigenvalue weighted by Crippen LogP contribution is -2.34. The molecule has 0 bridgehead atoms. The van der Waals surface area contributed by atoms with Gasteiger partial charge in [-0.2, -0.15) is 0 Å². The van der Waals surface area contributed by atoms with E-state index in [1.165, 1.54) is 0 Å². The van der Waals surface area contributed by atoms with Gasteiger partial charge in [0.1, 0.15) is 5.75 Å². The van der Waals surface area contributed by atoms with E-state index >= 15 is 0 Å². The Morgan fingerprint density at radius 2 is 2.00 bits per heavy atom. The zero-order valence-corrected chi connectivity index (χ0v) is 11.3. The van der Waals surface area contributed by atoms with Gasteiger partial charge in [-0.15, -0.1) is 0 Å². The van der Waals surface area contributed by atoms with Crippen LogP contribution in [0.1, 0.15) is 25.0 Å². The molecule has 4 nitrogen and oxygen atoms in total. The van der Waals surface area contributed by atoms with E-state index in [9.17, 15) is 9.90 Å². The Bertz CT molecular complexity index is 400. The predicted octanol–water partition coefficient (Wildman–Crippen LogP) is 1.73. The smallest absolute Gasteiger partial charge is 0.260 e. The minimum atomic E-state index is -0.0868. The quantitative estimate of drug-likeness (QED) is 0.837. The molecule has 1 N–H and O–H groups in total. The molecule has 0 fully saturated rings. The summed E-state index contributed by atoms with van der Waals surface area (Å²) in [7, 11) is 0. The number of carbonyl (C=O) groups is 1. The third kappa shape index (κ3) is 3.74. The van der Waals surface area contributed by atoms with Crippen molar-refractivity contribution in [3.8, 4) is 5.75 Å². The number of hydrogen-bond donors (Lipinski definition) is 1. The molecule has 0 aromatic heterocycles. The van der Waals surface area contributed by atoms with Crippen LogP contribution in [0, 0.1) is 6.92 Å². The van der Waals surface area contributed by atoms with E-state index in [1.807, 2.05) is 32.9 Å². The molecule has 0 saturated heterocycles. The lowest BCUT2D eigenvalue weighted by atomic mass is 10.1. The van der Waals surface area contributed by atoms with Gasteiger partial charge < -0.3 is 14.7 Å². The van der Waals surface area contributed by atoms with E-state index in [4.69, 9.17) is 4.74 Å². The van der Waals surface area contributed by atoms with E-state index in [0.717, 1.165) is 5.56 Å². The van der Waals surface area contributed by atoms with Crippen LogP contribution in [0.3, 0.4) is 0 Å². The molecule has 0 aliphatic rings. The first-order chi connectivity index (χ1) is 8.62. The van der Waals surface area contributed by atoms with Gasteiger partial charge >= 0.3 is 0 Å². The van der Waals surface area contributed by atoms with Crippen molar-refractivity contribution >= 4 is 5.91 Å². The summed E-state index contributed by atoms with van der Waals surface area (Å²) in [6.07, 6.45) is 0. The fourth-order valence-corrected chi connectivity index (χ4v) is 1.78. The van der Waals surface area contributed by atoms with Crippen molar-refractivity contribution in [1.29, 1.82) is 0 Å². The van der Waals surface area contributed by atoms with E-state index in [-0.39, 0.29) is 19.1 Å². The molecule has 1 aromatic carbocycles. The Morgan fingerprint density at radius 3 is 2.56 bits per heavy atom. The molecule has 0 aliphatic heterocycles. The lowest BCUT2D eigenvalue weighted by molar-refractivity contribution is -0.133. The molecule has 0 radical (unpaired) electrons. The van der Waals surface area contributed by atoms with Crippen LogP contribution in [-0.2, 0) is 11.4 Å². The number of amides is 1. The number of aryl methyl sites for hydroxylation is 1. The summed E-state index contributed by atoms with van der Waals surface area (Å²) in [5.74, 6) is 0.535. The van der Waals surface area contributed by atoms with Crippen LogP contribution in [0.5, 0.6) is 5.75 Å². The van der Waals surface area contributed by atoms with Crippen LogP contribution in [0.4, 0.5) is 0 Å². The number of benzene rings is 1.